The van der Waals surface area contributed by atoms with Gasteiger partial charge < -0.3 is 0 Å². The van der Waals surface area contributed by atoms with Gasteiger partial charge in [-0.15, -0.1) is 0 Å². The molecule has 0 N–H and O–H groups in total. The Labute approximate surface area is 331 Å². The van der Waals surface area contributed by atoms with Crippen LogP contribution < -0.4 is 0 Å². The molecule has 6 rings (SSSR count). The Bertz CT molecular complexity index is 1730. The van der Waals surface area contributed by atoms with Crippen LogP contribution in [-0.4, -0.2) is 0 Å². The molecule has 0 nitrogen and oxygen atoms in total. The topological polar surface area (TPSA) is 0 Å². The number of hydrogen-bond acceptors (Lipinski definition) is 0. The fraction of sp³-hybridized carbons (Fsp3) is 0.451. The van der Waals surface area contributed by atoms with Gasteiger partial charge in [0.25, 0.3) is 0 Å². The maximum atomic E-state index is 2.96. The van der Waals surface area contributed by atoms with Crippen molar-refractivity contribution in [3.05, 3.63) is 130 Å². The van der Waals surface area contributed by atoms with Crippen molar-refractivity contribution in [3.8, 4) is 22.3 Å². The molecule has 0 heterocycles. The van der Waals surface area contributed by atoms with Crippen LogP contribution in [0.4, 0.5) is 0 Å². The van der Waals surface area contributed by atoms with Gasteiger partial charge in [0.1, 0.15) is 0 Å². The van der Waals surface area contributed by atoms with Gasteiger partial charge in [-0.25, -0.2) is 0 Å². The Morgan fingerprint density at radius 2 is 0.792 bits per heavy atom. The van der Waals surface area contributed by atoms with Crippen LogP contribution in [-0.2, 0) is 33.2 Å². The van der Waals surface area contributed by atoms with E-state index < -0.39 is 33.2 Å². The maximum absolute atomic E-state index is 2.96. The van der Waals surface area contributed by atoms with E-state index in [9.17, 15) is 0 Å². The van der Waals surface area contributed by atoms with Crippen molar-refractivity contribution >= 4 is 12.2 Å². The van der Waals surface area contributed by atoms with Gasteiger partial charge >= 0.3 is 334 Å². The average Bonchev–Trinajstić information content (AvgIpc) is 3.71. The Hall–Kier alpha value is -2.21. The van der Waals surface area contributed by atoms with E-state index in [0.29, 0.717) is 10.5 Å². The van der Waals surface area contributed by atoms with E-state index in [-0.39, 0.29) is 0 Å². The monoisotopic (exact) mass is 776 g/mol. The van der Waals surface area contributed by atoms with Crippen LogP contribution in [0.3, 0.4) is 0 Å². The zero-order valence-electron chi connectivity index (χ0n) is 34.5. The summed E-state index contributed by atoms with van der Waals surface area (Å²) >= 11 is -5.83. The summed E-state index contributed by atoms with van der Waals surface area (Å²) in [6, 6.07) is 37.3. The molecule has 0 aromatic heterocycles. The van der Waals surface area contributed by atoms with Crippen molar-refractivity contribution in [2.75, 3.05) is 0 Å². The second kappa shape index (κ2) is 17.7. The molecule has 0 saturated heterocycles. The van der Waals surface area contributed by atoms with Crippen molar-refractivity contribution < 1.29 is 33.2 Å². The van der Waals surface area contributed by atoms with Gasteiger partial charge in [-0.05, 0) is 0 Å². The van der Waals surface area contributed by atoms with E-state index in [1.54, 1.807) is 22.3 Å². The van der Waals surface area contributed by atoms with Gasteiger partial charge in [-0.2, -0.15) is 0 Å². The van der Waals surface area contributed by atoms with Gasteiger partial charge in [-0.1, -0.05) is 0 Å². The normalized spacial score (nSPS) is 17.1. The van der Waals surface area contributed by atoms with Crippen LogP contribution >= 0.6 is 0 Å². The number of allylic oxidation sites excluding steroid dienone is 2. The molecule has 2 aliphatic carbocycles. The molecule has 0 bridgehead atoms. The fourth-order valence-electron chi connectivity index (χ4n) is 11.6. The summed E-state index contributed by atoms with van der Waals surface area (Å²) in [7, 11) is 0. The predicted molar refractivity (Wildman–Crippen MR) is 229 cm³/mol. The molecule has 0 amide bonds. The molecule has 4 aromatic rings. The van der Waals surface area contributed by atoms with Crippen LogP contribution in [0.25, 0.3) is 34.4 Å². The second-order valence-electron chi connectivity index (χ2n) is 17.3. The molecule has 2 atom stereocenters. The molecule has 0 fully saturated rings. The van der Waals surface area contributed by atoms with Crippen molar-refractivity contribution in [1.29, 1.82) is 0 Å². The number of fused-ring (bicyclic) bond motifs is 2. The third-order valence-corrected chi connectivity index (χ3v) is 42.0. The summed E-state index contributed by atoms with van der Waals surface area (Å²) < 4.78 is 7.70. The summed E-state index contributed by atoms with van der Waals surface area (Å²) in [4.78, 5) is 0. The van der Waals surface area contributed by atoms with Crippen molar-refractivity contribution in [2.24, 2.45) is 0 Å². The van der Waals surface area contributed by atoms with Crippen LogP contribution in [0.5, 0.6) is 0 Å². The van der Waals surface area contributed by atoms with E-state index in [2.05, 4.69) is 165 Å². The van der Waals surface area contributed by atoms with E-state index in [4.69, 9.17) is 0 Å². The molecule has 0 aliphatic heterocycles. The van der Waals surface area contributed by atoms with Crippen molar-refractivity contribution in [1.82, 2.24) is 0 Å². The molecular formula is C51H68Ti2. The van der Waals surface area contributed by atoms with Crippen LogP contribution in [0.15, 0.2) is 108 Å². The average molecular weight is 777 g/mol. The van der Waals surface area contributed by atoms with Crippen LogP contribution in [0, 0.1) is 0 Å². The van der Waals surface area contributed by atoms with Gasteiger partial charge in [0, 0.05) is 0 Å². The third kappa shape index (κ3) is 7.42. The first kappa shape index (κ1) is 40.5. The van der Waals surface area contributed by atoms with Gasteiger partial charge in [0.05, 0.1) is 0 Å². The molecule has 280 valence electrons. The Morgan fingerprint density at radius 3 is 1.11 bits per heavy atom. The minimum atomic E-state index is -2.92. The number of benzene rings is 4. The number of rotatable bonds is 18. The molecular weight excluding hydrogens is 708 g/mol. The standard InChI is InChI=1S/2C16H13.4C4H9.C3H6.2Ti/c2*1-12-10-14-8-5-9-15(16(14)11-12)13-6-3-2-4-7-13;4*1-3-4-2;1-3-2;;/h2*2-11H,1H3;4*1,3-4H2,2H3;1-2H3;;. The second-order valence-corrected chi connectivity index (χ2v) is 34.6. The SMILES string of the molecule is CCC[CH2][Ti]([CH2]CCC)([CH]1C(C)=Cc2c(-c3ccccc3)cccc21)[C](C)(C)[Ti]([CH2]CCC)([CH2]CCC)[CH]1C(C)=Cc2c(-c3ccccc3)cccc21. The quantitative estimate of drug-likeness (QED) is 0.0883. The van der Waals surface area contributed by atoms with Crippen molar-refractivity contribution in [2.45, 2.75) is 136 Å². The molecule has 2 heteroatoms. The van der Waals surface area contributed by atoms with Gasteiger partial charge in [0.15, 0.2) is 0 Å². The predicted octanol–water partition coefficient (Wildman–Crippen LogP) is 17.0. The van der Waals surface area contributed by atoms with E-state index in [1.807, 2.05) is 0 Å². The molecule has 0 radical (unpaired) electrons. The molecule has 2 unspecified atom stereocenters. The van der Waals surface area contributed by atoms with Crippen molar-refractivity contribution in [3.63, 3.8) is 0 Å². The van der Waals surface area contributed by atoms with Gasteiger partial charge in [-0.3, -0.25) is 0 Å². The Balaban J connectivity index is 1.62. The van der Waals surface area contributed by atoms with Crippen LogP contribution in [0.1, 0.15) is 137 Å². The van der Waals surface area contributed by atoms with Gasteiger partial charge in [0.2, 0.25) is 0 Å². The fourth-order valence-corrected chi connectivity index (χ4v) is 45.1. The van der Waals surface area contributed by atoms with E-state index in [0.717, 1.165) is 0 Å². The van der Waals surface area contributed by atoms with E-state index in [1.165, 1.54) is 104 Å². The molecule has 4 aromatic carbocycles. The first-order chi connectivity index (χ1) is 25.7. The number of hydrogen-bond donors (Lipinski definition) is 0. The minimum absolute atomic E-state index is 0.406. The summed E-state index contributed by atoms with van der Waals surface area (Å²) in [6.45, 7) is 20.9. The first-order valence-corrected chi connectivity index (χ1v) is 29.2. The molecule has 0 saturated carbocycles. The zero-order chi connectivity index (χ0) is 37.6. The molecule has 2 aliphatic rings. The number of unbranched alkanes of at least 4 members (excludes halogenated alkanes) is 4. The van der Waals surface area contributed by atoms with Crippen LogP contribution in [0.2, 0.25) is 20.9 Å². The first-order valence-electron chi connectivity index (χ1n) is 21.4. The Kier molecular flexibility index (Phi) is 13.5. The summed E-state index contributed by atoms with van der Waals surface area (Å²) in [5.41, 5.74) is 15.4. The summed E-state index contributed by atoms with van der Waals surface area (Å²) in [5.74, 6) is 0. The summed E-state index contributed by atoms with van der Waals surface area (Å²) in [6.07, 6.45) is 16.1. The molecule has 53 heavy (non-hydrogen) atoms. The third-order valence-electron chi connectivity index (χ3n) is 14.2. The molecule has 0 spiro atoms. The Morgan fingerprint density at radius 1 is 0.453 bits per heavy atom. The van der Waals surface area contributed by atoms with E-state index >= 15 is 0 Å². The summed E-state index contributed by atoms with van der Waals surface area (Å²) in [5, 5.41) is 0. The zero-order valence-corrected chi connectivity index (χ0v) is 37.7.